The molecule has 0 spiro atoms. The summed E-state index contributed by atoms with van der Waals surface area (Å²) in [6.07, 6.45) is 1.02. The Morgan fingerprint density at radius 3 is 2.25 bits per heavy atom. The Morgan fingerprint density at radius 2 is 1.92 bits per heavy atom. The van der Waals surface area contributed by atoms with Crippen LogP contribution in [0.3, 0.4) is 0 Å². The average Bonchev–Trinajstić information content (AvgIpc) is 2.17. The van der Waals surface area contributed by atoms with E-state index in [-0.39, 0.29) is 0 Å². The van der Waals surface area contributed by atoms with Crippen LogP contribution in [0.1, 0.15) is 31.2 Å². The molecule has 0 aromatic carbocycles. The van der Waals surface area contributed by atoms with Crippen LogP contribution in [0.4, 0.5) is 0 Å². The molecule has 0 amide bonds. The Bertz CT molecular complexity index is 274. The van der Waals surface area contributed by atoms with Gasteiger partial charge in [0.25, 0.3) is 0 Å². The van der Waals surface area contributed by atoms with E-state index in [9.17, 15) is 0 Å². The Labute approximate surface area is 74.2 Å². The highest BCUT2D eigenvalue weighted by Crippen LogP contribution is 2.09. The highest BCUT2D eigenvalue weighted by molar-refractivity contribution is 4.97. The third-order valence-corrected chi connectivity index (χ3v) is 2.24. The fraction of sp³-hybridized carbons (Fsp3) is 0.700. The predicted molar refractivity (Wildman–Crippen MR) is 47.9 cm³/mol. The van der Waals surface area contributed by atoms with Crippen molar-refractivity contribution in [2.75, 3.05) is 0 Å². The van der Waals surface area contributed by atoms with Gasteiger partial charge in [-0.25, -0.2) is 0 Å². The SMILES string of the molecule is Cc1oc(CC(C)C)[n+](C)c1C. The van der Waals surface area contributed by atoms with E-state index in [2.05, 4.69) is 32.4 Å². The topological polar surface area (TPSA) is 17.0 Å². The maximum atomic E-state index is 5.62. The van der Waals surface area contributed by atoms with Gasteiger partial charge in [0.15, 0.2) is 5.76 Å². The quantitative estimate of drug-likeness (QED) is 0.617. The van der Waals surface area contributed by atoms with E-state index in [4.69, 9.17) is 4.42 Å². The molecule has 0 saturated heterocycles. The molecule has 68 valence electrons. The van der Waals surface area contributed by atoms with E-state index in [1.165, 1.54) is 5.69 Å². The zero-order valence-electron chi connectivity index (χ0n) is 8.64. The zero-order chi connectivity index (χ0) is 9.30. The zero-order valence-corrected chi connectivity index (χ0v) is 8.64. The summed E-state index contributed by atoms with van der Waals surface area (Å²) in [5, 5.41) is 0. The van der Waals surface area contributed by atoms with Gasteiger partial charge in [0.1, 0.15) is 7.05 Å². The second kappa shape index (κ2) is 3.30. The summed E-state index contributed by atoms with van der Waals surface area (Å²) in [5.41, 5.74) is 1.23. The number of hydrogen-bond donors (Lipinski definition) is 0. The molecule has 0 aliphatic heterocycles. The molecule has 1 rings (SSSR count). The van der Waals surface area contributed by atoms with Crippen molar-refractivity contribution in [3.8, 4) is 0 Å². The Hall–Kier alpha value is -0.790. The summed E-state index contributed by atoms with van der Waals surface area (Å²) in [6.45, 7) is 8.50. The summed E-state index contributed by atoms with van der Waals surface area (Å²) in [6, 6.07) is 0. The summed E-state index contributed by atoms with van der Waals surface area (Å²) in [7, 11) is 2.06. The molecule has 1 heterocycles. The lowest BCUT2D eigenvalue weighted by atomic mass is 10.1. The summed E-state index contributed by atoms with van der Waals surface area (Å²) >= 11 is 0. The van der Waals surface area contributed by atoms with Crippen LogP contribution in [0.2, 0.25) is 0 Å². The predicted octanol–water partition coefficient (Wildman–Crippen LogP) is 1.92. The fourth-order valence-corrected chi connectivity index (χ4v) is 1.27. The van der Waals surface area contributed by atoms with Crippen LogP contribution in [-0.2, 0) is 13.5 Å². The largest absolute Gasteiger partial charge is 0.407 e. The molecule has 0 aliphatic carbocycles. The normalized spacial score (nSPS) is 11.2. The van der Waals surface area contributed by atoms with Gasteiger partial charge in [0.05, 0.1) is 6.42 Å². The van der Waals surface area contributed by atoms with Gasteiger partial charge in [-0.05, 0) is 5.92 Å². The van der Waals surface area contributed by atoms with E-state index in [1.54, 1.807) is 0 Å². The molecule has 1 aromatic rings. The van der Waals surface area contributed by atoms with E-state index in [0.29, 0.717) is 5.92 Å². The van der Waals surface area contributed by atoms with Gasteiger partial charge in [-0.15, -0.1) is 0 Å². The van der Waals surface area contributed by atoms with Gasteiger partial charge in [0.2, 0.25) is 5.69 Å². The molecule has 1 aromatic heterocycles. The highest BCUT2D eigenvalue weighted by atomic mass is 16.4. The molecule has 0 unspecified atom stereocenters. The molecule has 2 nitrogen and oxygen atoms in total. The van der Waals surface area contributed by atoms with Crippen molar-refractivity contribution in [1.82, 2.24) is 0 Å². The monoisotopic (exact) mass is 168 g/mol. The molecule has 2 heteroatoms. The van der Waals surface area contributed by atoms with Crippen LogP contribution < -0.4 is 4.57 Å². The average molecular weight is 168 g/mol. The summed E-state index contributed by atoms with van der Waals surface area (Å²) in [5.74, 6) is 2.77. The third kappa shape index (κ3) is 1.68. The van der Waals surface area contributed by atoms with E-state index >= 15 is 0 Å². The first-order valence-corrected chi connectivity index (χ1v) is 4.47. The number of aryl methyl sites for hydroxylation is 1. The minimum absolute atomic E-state index is 0.654. The van der Waals surface area contributed by atoms with Gasteiger partial charge in [-0.2, -0.15) is 4.57 Å². The minimum Gasteiger partial charge on any atom is -0.407 e. The van der Waals surface area contributed by atoms with Crippen LogP contribution >= 0.6 is 0 Å². The van der Waals surface area contributed by atoms with E-state index in [0.717, 1.165) is 18.1 Å². The minimum atomic E-state index is 0.654. The first-order valence-electron chi connectivity index (χ1n) is 4.47. The van der Waals surface area contributed by atoms with E-state index in [1.807, 2.05) is 6.92 Å². The molecule has 12 heavy (non-hydrogen) atoms. The van der Waals surface area contributed by atoms with Crippen LogP contribution in [0.15, 0.2) is 4.42 Å². The van der Waals surface area contributed by atoms with Crippen LogP contribution in [0.5, 0.6) is 0 Å². The molecule has 0 saturated carbocycles. The van der Waals surface area contributed by atoms with Gasteiger partial charge >= 0.3 is 5.89 Å². The molecular formula is C10H18NO+. The van der Waals surface area contributed by atoms with Gasteiger partial charge in [0, 0.05) is 13.8 Å². The molecule has 0 radical (unpaired) electrons. The lowest BCUT2D eigenvalue weighted by molar-refractivity contribution is -0.688. The van der Waals surface area contributed by atoms with Crippen molar-refractivity contribution in [3.63, 3.8) is 0 Å². The number of nitrogens with zero attached hydrogens (tertiary/aromatic N) is 1. The van der Waals surface area contributed by atoms with Gasteiger partial charge in [-0.3, -0.25) is 0 Å². The van der Waals surface area contributed by atoms with Crippen molar-refractivity contribution in [2.24, 2.45) is 13.0 Å². The van der Waals surface area contributed by atoms with Crippen molar-refractivity contribution < 1.29 is 8.98 Å². The second-order valence-electron chi connectivity index (χ2n) is 3.79. The summed E-state index contributed by atoms with van der Waals surface area (Å²) < 4.78 is 7.75. The molecule has 0 fully saturated rings. The third-order valence-electron chi connectivity index (χ3n) is 2.24. The molecule has 0 aliphatic rings. The number of rotatable bonds is 2. The standard InChI is InChI=1S/C10H18NO/c1-7(2)6-10-11(5)8(3)9(4)12-10/h7H,6H2,1-5H3/q+1. The van der Waals surface area contributed by atoms with Crippen LogP contribution in [-0.4, -0.2) is 0 Å². The van der Waals surface area contributed by atoms with Crippen LogP contribution in [0, 0.1) is 19.8 Å². The Kier molecular flexibility index (Phi) is 2.55. The second-order valence-corrected chi connectivity index (χ2v) is 3.79. The molecule has 0 atom stereocenters. The molecule has 0 bridgehead atoms. The Morgan fingerprint density at radius 1 is 1.33 bits per heavy atom. The number of aromatic nitrogens is 1. The first-order chi connectivity index (χ1) is 5.52. The molecular weight excluding hydrogens is 150 g/mol. The highest BCUT2D eigenvalue weighted by Gasteiger charge is 2.19. The Balaban J connectivity index is 2.93. The van der Waals surface area contributed by atoms with E-state index < -0.39 is 0 Å². The maximum Gasteiger partial charge on any atom is 0.347 e. The smallest absolute Gasteiger partial charge is 0.347 e. The summed E-state index contributed by atoms with van der Waals surface area (Å²) in [4.78, 5) is 0. The van der Waals surface area contributed by atoms with Crippen molar-refractivity contribution in [3.05, 3.63) is 17.3 Å². The van der Waals surface area contributed by atoms with Crippen molar-refractivity contribution in [1.29, 1.82) is 0 Å². The lowest BCUT2D eigenvalue weighted by Gasteiger charge is -1.96. The van der Waals surface area contributed by atoms with Gasteiger partial charge in [-0.1, -0.05) is 13.8 Å². The maximum absolute atomic E-state index is 5.62. The van der Waals surface area contributed by atoms with Gasteiger partial charge < -0.3 is 4.42 Å². The number of hydrogen-bond acceptors (Lipinski definition) is 1. The fourth-order valence-electron chi connectivity index (χ4n) is 1.27. The van der Waals surface area contributed by atoms with Crippen LogP contribution in [0.25, 0.3) is 0 Å². The van der Waals surface area contributed by atoms with Crippen molar-refractivity contribution >= 4 is 0 Å². The lowest BCUT2D eigenvalue weighted by Crippen LogP contribution is -2.34. The molecule has 0 N–H and O–H groups in total. The first kappa shape index (κ1) is 9.30. The number of oxazole rings is 1. The van der Waals surface area contributed by atoms with Crippen molar-refractivity contribution in [2.45, 2.75) is 34.1 Å².